The van der Waals surface area contributed by atoms with Gasteiger partial charge in [0.05, 0.1) is 5.56 Å². The van der Waals surface area contributed by atoms with E-state index in [1.54, 1.807) is 35.5 Å². The molecule has 2 aromatic rings. The first kappa shape index (κ1) is 25.1. The Morgan fingerprint density at radius 2 is 1.69 bits per heavy atom. The fourth-order valence-corrected chi connectivity index (χ4v) is 7.44. The maximum Gasteiger partial charge on any atom is 0.335 e. The zero-order chi connectivity index (χ0) is 25.5. The molecule has 1 amide bonds. The topological polar surface area (TPSA) is 104 Å². The van der Waals surface area contributed by atoms with Crippen molar-refractivity contribution < 1.29 is 23.1 Å². The Kier molecular flexibility index (Phi) is 6.64. The second kappa shape index (κ2) is 9.24. The molecule has 35 heavy (non-hydrogen) atoms. The van der Waals surface area contributed by atoms with E-state index < -0.39 is 20.7 Å². The number of sulfonamides is 1. The minimum Gasteiger partial charge on any atom is -0.478 e. The van der Waals surface area contributed by atoms with Crippen LogP contribution < -0.4 is 5.32 Å². The SMILES string of the molecule is CC1=CC(C)C(C)(S(=O)(=O)N2CCC(C(=O)Nc3ccc4cc(C(=O)O)ccc4c3)CC2)C(C)=C1. The monoisotopic (exact) mass is 496 g/mol. The highest BCUT2D eigenvalue weighted by Gasteiger charge is 2.49. The molecule has 7 nitrogen and oxygen atoms in total. The number of carboxylic acids is 1. The van der Waals surface area contributed by atoms with E-state index in [4.69, 9.17) is 5.11 Å². The summed E-state index contributed by atoms with van der Waals surface area (Å²) in [5.74, 6) is -1.53. The molecule has 2 aliphatic rings. The largest absolute Gasteiger partial charge is 0.478 e. The molecule has 1 heterocycles. The summed E-state index contributed by atoms with van der Waals surface area (Å²) in [6.07, 6.45) is 4.88. The molecule has 2 atom stereocenters. The number of amides is 1. The van der Waals surface area contributed by atoms with Crippen molar-refractivity contribution in [1.82, 2.24) is 4.31 Å². The number of hydrogen-bond acceptors (Lipinski definition) is 4. The van der Waals surface area contributed by atoms with Crippen LogP contribution in [0.25, 0.3) is 10.8 Å². The third-order valence-electron chi connectivity index (χ3n) is 7.66. The lowest BCUT2D eigenvalue weighted by Crippen LogP contribution is -2.54. The molecule has 2 aromatic carbocycles. The van der Waals surface area contributed by atoms with Crippen molar-refractivity contribution in [2.24, 2.45) is 11.8 Å². The predicted molar refractivity (Wildman–Crippen MR) is 138 cm³/mol. The fraction of sp³-hybridized carbons (Fsp3) is 0.407. The lowest BCUT2D eigenvalue weighted by atomic mass is 9.82. The standard InChI is InChI=1S/C27H32N2O5S/c1-17-13-18(2)27(4,19(3)14-17)35(33,34)29-11-9-20(10-12-29)25(30)28-24-8-7-21-15-23(26(31)32)6-5-22(21)16-24/h5-8,13-16,18,20H,9-12H2,1-4H3,(H,28,30)(H,31,32). The van der Waals surface area contributed by atoms with Crippen LogP contribution >= 0.6 is 0 Å². The number of piperidine rings is 1. The highest BCUT2D eigenvalue weighted by atomic mass is 32.2. The number of carbonyl (C=O) groups excluding carboxylic acids is 1. The number of fused-ring (bicyclic) bond motifs is 1. The summed E-state index contributed by atoms with van der Waals surface area (Å²) in [5, 5.41) is 13.7. The molecular weight excluding hydrogens is 464 g/mol. The van der Waals surface area contributed by atoms with Gasteiger partial charge in [0.1, 0.15) is 4.75 Å². The first-order valence-electron chi connectivity index (χ1n) is 11.9. The van der Waals surface area contributed by atoms with Gasteiger partial charge in [-0.15, -0.1) is 0 Å². The lowest BCUT2D eigenvalue weighted by Gasteiger charge is -2.43. The van der Waals surface area contributed by atoms with Crippen molar-refractivity contribution in [3.8, 4) is 0 Å². The average molecular weight is 497 g/mol. The summed E-state index contributed by atoms with van der Waals surface area (Å²) in [5.41, 5.74) is 2.77. The Hall–Kier alpha value is -2.97. The van der Waals surface area contributed by atoms with Gasteiger partial charge in [-0.1, -0.05) is 42.4 Å². The van der Waals surface area contributed by atoms with Crippen molar-refractivity contribution in [1.29, 1.82) is 0 Å². The normalized spacial score (nSPS) is 24.1. The fourth-order valence-electron chi connectivity index (χ4n) is 5.21. The molecule has 1 aliphatic carbocycles. The van der Waals surface area contributed by atoms with E-state index in [0.717, 1.165) is 21.9 Å². The van der Waals surface area contributed by atoms with E-state index in [1.165, 1.54) is 6.07 Å². The second-order valence-corrected chi connectivity index (χ2v) is 12.2. The average Bonchev–Trinajstić information content (AvgIpc) is 2.81. The van der Waals surface area contributed by atoms with Gasteiger partial charge in [-0.3, -0.25) is 4.79 Å². The molecule has 1 saturated heterocycles. The van der Waals surface area contributed by atoms with Gasteiger partial charge in [-0.05, 0) is 74.6 Å². The van der Waals surface area contributed by atoms with Crippen molar-refractivity contribution in [2.45, 2.75) is 45.3 Å². The Bertz CT molecular complexity index is 1350. The molecule has 0 bridgehead atoms. The second-order valence-electron chi connectivity index (χ2n) is 9.88. The van der Waals surface area contributed by atoms with E-state index in [2.05, 4.69) is 5.32 Å². The molecule has 186 valence electrons. The molecule has 2 unspecified atom stereocenters. The maximum atomic E-state index is 13.7. The van der Waals surface area contributed by atoms with Crippen LogP contribution in [0.2, 0.25) is 0 Å². The lowest BCUT2D eigenvalue weighted by molar-refractivity contribution is -0.120. The zero-order valence-electron chi connectivity index (χ0n) is 20.5. The van der Waals surface area contributed by atoms with Crippen LogP contribution in [0.5, 0.6) is 0 Å². The van der Waals surface area contributed by atoms with E-state index >= 15 is 0 Å². The highest BCUT2D eigenvalue weighted by molar-refractivity contribution is 7.90. The summed E-state index contributed by atoms with van der Waals surface area (Å²) < 4.78 is 27.9. The van der Waals surface area contributed by atoms with Crippen LogP contribution in [0, 0.1) is 11.8 Å². The number of aromatic carboxylic acids is 1. The molecule has 4 rings (SSSR count). The number of carboxylic acid groups (broad SMARTS) is 1. The first-order valence-corrected chi connectivity index (χ1v) is 13.3. The Balaban J connectivity index is 1.42. The maximum absolute atomic E-state index is 13.7. The van der Waals surface area contributed by atoms with Gasteiger partial charge >= 0.3 is 5.97 Å². The van der Waals surface area contributed by atoms with E-state index in [-0.39, 0.29) is 23.3 Å². The number of benzene rings is 2. The summed E-state index contributed by atoms with van der Waals surface area (Å²) in [4.78, 5) is 24.1. The van der Waals surface area contributed by atoms with E-state index in [0.29, 0.717) is 31.6 Å². The van der Waals surface area contributed by atoms with Crippen LogP contribution in [0.4, 0.5) is 5.69 Å². The van der Waals surface area contributed by atoms with Gasteiger partial charge < -0.3 is 10.4 Å². The van der Waals surface area contributed by atoms with Crippen molar-refractivity contribution in [2.75, 3.05) is 18.4 Å². The van der Waals surface area contributed by atoms with Gasteiger partial charge in [0, 0.05) is 24.7 Å². The minimum atomic E-state index is -3.60. The molecule has 1 fully saturated rings. The minimum absolute atomic E-state index is 0.129. The van der Waals surface area contributed by atoms with Crippen LogP contribution in [0.3, 0.4) is 0 Å². The third kappa shape index (κ3) is 4.52. The molecule has 0 aromatic heterocycles. The number of carbonyl (C=O) groups is 2. The van der Waals surface area contributed by atoms with Gasteiger partial charge in [-0.25, -0.2) is 17.5 Å². The molecule has 1 aliphatic heterocycles. The van der Waals surface area contributed by atoms with Crippen LogP contribution in [-0.4, -0.2) is 47.5 Å². The summed E-state index contributed by atoms with van der Waals surface area (Å²) in [6.45, 7) is 8.25. The van der Waals surface area contributed by atoms with Crippen molar-refractivity contribution in [3.63, 3.8) is 0 Å². The number of rotatable bonds is 5. The van der Waals surface area contributed by atoms with Gasteiger partial charge in [-0.2, -0.15) is 0 Å². The van der Waals surface area contributed by atoms with Gasteiger partial charge in [0.25, 0.3) is 0 Å². The summed E-state index contributed by atoms with van der Waals surface area (Å²) in [7, 11) is -3.60. The quantitative estimate of drug-likeness (QED) is 0.618. The number of anilines is 1. The molecule has 8 heteroatoms. The number of nitrogens with one attached hydrogen (secondary N) is 1. The van der Waals surface area contributed by atoms with Crippen LogP contribution in [-0.2, 0) is 14.8 Å². The molecule has 0 spiro atoms. The third-order valence-corrected chi connectivity index (χ3v) is 10.5. The van der Waals surface area contributed by atoms with Gasteiger partial charge in [0.15, 0.2) is 0 Å². The van der Waals surface area contributed by atoms with Crippen molar-refractivity contribution >= 4 is 38.4 Å². The Morgan fingerprint density at radius 1 is 1.06 bits per heavy atom. The highest BCUT2D eigenvalue weighted by Crippen LogP contribution is 2.42. The first-order chi connectivity index (χ1) is 16.4. The van der Waals surface area contributed by atoms with Gasteiger partial charge in [0.2, 0.25) is 15.9 Å². The molecule has 2 N–H and O–H groups in total. The van der Waals surface area contributed by atoms with Crippen LogP contribution in [0.1, 0.15) is 50.9 Å². The van der Waals surface area contributed by atoms with Crippen LogP contribution in [0.15, 0.2) is 59.7 Å². The van der Waals surface area contributed by atoms with E-state index in [9.17, 15) is 18.0 Å². The number of hydrogen-bond donors (Lipinski definition) is 2. The Morgan fingerprint density at radius 3 is 2.31 bits per heavy atom. The smallest absolute Gasteiger partial charge is 0.335 e. The molecular formula is C27H32N2O5S. The predicted octanol–water partition coefficient (Wildman–Crippen LogP) is 4.82. The summed E-state index contributed by atoms with van der Waals surface area (Å²) in [6, 6.07) is 10.2. The van der Waals surface area contributed by atoms with Crippen molar-refractivity contribution in [3.05, 3.63) is 65.3 Å². The summed E-state index contributed by atoms with van der Waals surface area (Å²) >= 11 is 0. The molecule has 0 saturated carbocycles. The Labute approximate surface area is 206 Å². The number of allylic oxidation sites excluding steroid dienone is 3. The molecule has 0 radical (unpaired) electrons. The number of nitrogens with zero attached hydrogens (tertiary/aromatic N) is 1. The van der Waals surface area contributed by atoms with E-state index in [1.807, 2.05) is 39.0 Å². The zero-order valence-corrected chi connectivity index (χ0v) is 21.4.